The molecular formula is C19H18F2N2O2S. The third-order valence-corrected chi connectivity index (χ3v) is 6.98. The number of H-pyrrole nitrogens is 1. The molecule has 0 radical (unpaired) electrons. The van der Waals surface area contributed by atoms with Gasteiger partial charge in [0.2, 0.25) is 10.0 Å². The second-order valence-corrected chi connectivity index (χ2v) is 8.39. The van der Waals surface area contributed by atoms with Crippen LogP contribution >= 0.6 is 0 Å². The van der Waals surface area contributed by atoms with Crippen molar-refractivity contribution in [1.29, 1.82) is 0 Å². The van der Waals surface area contributed by atoms with E-state index in [1.54, 1.807) is 0 Å². The highest BCUT2D eigenvalue weighted by Crippen LogP contribution is 2.35. The van der Waals surface area contributed by atoms with Crippen LogP contribution in [0.25, 0.3) is 10.9 Å². The molecule has 4 nitrogen and oxygen atoms in total. The Morgan fingerprint density at radius 2 is 1.62 bits per heavy atom. The van der Waals surface area contributed by atoms with Crippen LogP contribution in [-0.4, -0.2) is 30.8 Å². The molecule has 0 atom stereocenters. The number of halogens is 2. The minimum Gasteiger partial charge on any atom is -0.361 e. The molecule has 0 bridgehead atoms. The van der Waals surface area contributed by atoms with Gasteiger partial charge in [-0.05, 0) is 42.5 Å². The highest BCUT2D eigenvalue weighted by atomic mass is 32.2. The number of rotatable bonds is 3. The molecule has 2 aromatic carbocycles. The maximum Gasteiger partial charge on any atom is 0.248 e. The Morgan fingerprint density at radius 1 is 0.962 bits per heavy atom. The minimum atomic E-state index is -4.18. The van der Waals surface area contributed by atoms with E-state index in [2.05, 4.69) is 4.98 Å². The normalized spacial score (nSPS) is 17.0. The summed E-state index contributed by atoms with van der Waals surface area (Å²) in [7, 11) is -4.18. The fourth-order valence-electron chi connectivity index (χ4n) is 3.70. The lowest BCUT2D eigenvalue weighted by Gasteiger charge is -2.31. The molecule has 1 saturated heterocycles. The number of nitrogens with zero attached hydrogens (tertiary/aromatic N) is 1. The van der Waals surface area contributed by atoms with E-state index >= 15 is 0 Å². The van der Waals surface area contributed by atoms with Gasteiger partial charge in [0, 0.05) is 30.2 Å². The van der Waals surface area contributed by atoms with Crippen molar-refractivity contribution >= 4 is 20.9 Å². The van der Waals surface area contributed by atoms with Gasteiger partial charge in [-0.2, -0.15) is 4.31 Å². The third-order valence-electron chi connectivity index (χ3n) is 5.03. The Labute approximate surface area is 150 Å². The molecule has 1 fully saturated rings. The molecule has 1 N–H and O–H groups in total. The molecule has 0 saturated carbocycles. The van der Waals surface area contributed by atoms with E-state index < -0.39 is 26.6 Å². The van der Waals surface area contributed by atoms with Gasteiger partial charge in [-0.25, -0.2) is 17.2 Å². The summed E-state index contributed by atoms with van der Waals surface area (Å²) >= 11 is 0. The van der Waals surface area contributed by atoms with Gasteiger partial charge >= 0.3 is 0 Å². The lowest BCUT2D eigenvalue weighted by Crippen LogP contribution is -2.38. The second kappa shape index (κ2) is 6.48. The smallest absolute Gasteiger partial charge is 0.248 e. The number of hydrogen-bond acceptors (Lipinski definition) is 2. The molecule has 0 aliphatic carbocycles. The predicted molar refractivity (Wildman–Crippen MR) is 95.4 cm³/mol. The van der Waals surface area contributed by atoms with Gasteiger partial charge in [0.1, 0.15) is 11.6 Å². The maximum absolute atomic E-state index is 13.9. The number of benzene rings is 2. The summed E-state index contributed by atoms with van der Waals surface area (Å²) in [5.41, 5.74) is 2.21. The molecule has 136 valence electrons. The van der Waals surface area contributed by atoms with Gasteiger partial charge in [0.25, 0.3) is 0 Å². The summed E-state index contributed by atoms with van der Waals surface area (Å²) < 4.78 is 54.4. The zero-order valence-corrected chi connectivity index (χ0v) is 14.8. The first-order valence-corrected chi connectivity index (χ1v) is 9.92. The Morgan fingerprint density at radius 3 is 2.31 bits per heavy atom. The van der Waals surface area contributed by atoms with Crippen molar-refractivity contribution in [2.75, 3.05) is 13.1 Å². The van der Waals surface area contributed by atoms with Gasteiger partial charge in [-0.15, -0.1) is 0 Å². The SMILES string of the molecule is O=S(=O)(c1c(F)cccc1F)N1CCC(c2c[nH]c3ccccc23)CC1. The first-order valence-electron chi connectivity index (χ1n) is 8.48. The van der Waals surface area contributed by atoms with Crippen LogP contribution in [0.3, 0.4) is 0 Å². The van der Waals surface area contributed by atoms with Crippen LogP contribution in [-0.2, 0) is 10.0 Å². The monoisotopic (exact) mass is 376 g/mol. The minimum absolute atomic E-state index is 0.211. The van der Waals surface area contributed by atoms with Crippen molar-refractivity contribution in [3.63, 3.8) is 0 Å². The molecule has 7 heteroatoms. The number of hydrogen-bond donors (Lipinski definition) is 1. The first-order chi connectivity index (χ1) is 12.5. The van der Waals surface area contributed by atoms with Gasteiger partial charge < -0.3 is 4.98 Å². The van der Waals surface area contributed by atoms with Crippen LogP contribution in [0.2, 0.25) is 0 Å². The maximum atomic E-state index is 13.9. The zero-order chi connectivity index (χ0) is 18.3. The van der Waals surface area contributed by atoms with Crippen molar-refractivity contribution in [3.8, 4) is 0 Å². The van der Waals surface area contributed by atoms with Crippen molar-refractivity contribution < 1.29 is 17.2 Å². The van der Waals surface area contributed by atoms with E-state index in [0.717, 1.165) is 34.7 Å². The van der Waals surface area contributed by atoms with Crippen LogP contribution in [0.5, 0.6) is 0 Å². The number of sulfonamides is 1. The lowest BCUT2D eigenvalue weighted by molar-refractivity contribution is 0.317. The van der Waals surface area contributed by atoms with E-state index in [1.807, 2.05) is 30.5 Å². The van der Waals surface area contributed by atoms with Gasteiger partial charge in [0.15, 0.2) is 4.90 Å². The number of para-hydroxylation sites is 1. The van der Waals surface area contributed by atoms with E-state index in [0.29, 0.717) is 12.8 Å². The molecule has 3 aromatic rings. The van der Waals surface area contributed by atoms with Gasteiger partial charge in [-0.1, -0.05) is 24.3 Å². The molecule has 0 spiro atoms. The fraction of sp³-hybridized carbons (Fsp3) is 0.263. The Bertz CT molecular complexity index is 1030. The summed E-state index contributed by atoms with van der Waals surface area (Å²) in [6.07, 6.45) is 3.18. The lowest BCUT2D eigenvalue weighted by atomic mass is 9.90. The van der Waals surface area contributed by atoms with Gasteiger partial charge in [0.05, 0.1) is 0 Å². The Balaban J connectivity index is 1.57. The molecule has 0 unspecified atom stereocenters. The summed E-state index contributed by atoms with van der Waals surface area (Å²) in [5, 5.41) is 1.13. The standard InChI is InChI=1S/C19H18F2N2O2S/c20-16-5-3-6-17(21)19(16)26(24,25)23-10-8-13(9-11-23)15-12-22-18-7-2-1-4-14(15)18/h1-7,12-13,22H,8-11H2. The topological polar surface area (TPSA) is 53.2 Å². The molecular weight excluding hydrogens is 358 g/mol. The largest absolute Gasteiger partial charge is 0.361 e. The number of fused-ring (bicyclic) bond motifs is 1. The highest BCUT2D eigenvalue weighted by Gasteiger charge is 2.34. The molecule has 0 amide bonds. The van der Waals surface area contributed by atoms with Crippen molar-refractivity contribution in [1.82, 2.24) is 9.29 Å². The summed E-state index contributed by atoms with van der Waals surface area (Å²) in [5.74, 6) is -1.89. The molecule has 4 rings (SSSR count). The van der Waals surface area contributed by atoms with Crippen LogP contribution in [0.15, 0.2) is 53.6 Å². The zero-order valence-electron chi connectivity index (χ0n) is 14.0. The number of piperidine rings is 1. The molecule has 1 aliphatic heterocycles. The number of aromatic nitrogens is 1. The number of aromatic amines is 1. The second-order valence-electron chi connectivity index (χ2n) is 6.52. The van der Waals surface area contributed by atoms with Crippen molar-refractivity contribution in [3.05, 3.63) is 65.9 Å². The van der Waals surface area contributed by atoms with Crippen LogP contribution < -0.4 is 0 Å². The Kier molecular flexibility index (Phi) is 4.28. The Hall–Kier alpha value is -2.25. The first kappa shape index (κ1) is 17.2. The van der Waals surface area contributed by atoms with Crippen molar-refractivity contribution in [2.24, 2.45) is 0 Å². The molecule has 1 aromatic heterocycles. The summed E-state index contributed by atoms with van der Waals surface area (Å²) in [4.78, 5) is 2.38. The fourth-order valence-corrected chi connectivity index (χ4v) is 5.28. The van der Waals surface area contributed by atoms with E-state index in [4.69, 9.17) is 0 Å². The van der Waals surface area contributed by atoms with E-state index in [9.17, 15) is 17.2 Å². The van der Waals surface area contributed by atoms with Crippen molar-refractivity contribution in [2.45, 2.75) is 23.7 Å². The molecule has 2 heterocycles. The highest BCUT2D eigenvalue weighted by molar-refractivity contribution is 7.89. The van der Waals surface area contributed by atoms with Crippen LogP contribution in [0.4, 0.5) is 8.78 Å². The molecule has 26 heavy (non-hydrogen) atoms. The van der Waals surface area contributed by atoms with Gasteiger partial charge in [-0.3, -0.25) is 0 Å². The van der Waals surface area contributed by atoms with Crippen LogP contribution in [0, 0.1) is 11.6 Å². The average Bonchev–Trinajstić information content (AvgIpc) is 3.05. The van der Waals surface area contributed by atoms with Crippen LogP contribution in [0.1, 0.15) is 24.3 Å². The summed E-state index contributed by atoms with van der Waals surface area (Å²) in [6.45, 7) is 0.473. The van der Waals surface area contributed by atoms with E-state index in [-0.39, 0.29) is 19.0 Å². The number of nitrogens with one attached hydrogen (secondary N) is 1. The summed E-state index contributed by atoms with van der Waals surface area (Å²) in [6, 6.07) is 11.1. The predicted octanol–water partition coefficient (Wildman–Crippen LogP) is 4.01. The third kappa shape index (κ3) is 2.81. The molecule has 1 aliphatic rings. The average molecular weight is 376 g/mol. The quantitative estimate of drug-likeness (QED) is 0.751. The van der Waals surface area contributed by atoms with E-state index in [1.165, 1.54) is 4.31 Å².